The summed E-state index contributed by atoms with van der Waals surface area (Å²) >= 11 is 2.20. The van der Waals surface area contributed by atoms with Crippen molar-refractivity contribution < 1.29 is 9.53 Å². The largest absolute Gasteiger partial charge is 0.383 e. The Kier molecular flexibility index (Phi) is 7.22. The van der Waals surface area contributed by atoms with Gasteiger partial charge in [-0.25, -0.2) is 0 Å². The molecule has 0 heterocycles. The van der Waals surface area contributed by atoms with Gasteiger partial charge in [0.25, 0.3) is 5.91 Å². The monoisotopic (exact) mass is 362 g/mol. The first kappa shape index (κ1) is 15.4. The van der Waals surface area contributed by atoms with Crippen molar-refractivity contribution in [3.8, 4) is 0 Å². The Labute approximate surface area is 122 Å². The van der Waals surface area contributed by atoms with E-state index in [-0.39, 0.29) is 5.91 Å². The minimum Gasteiger partial charge on any atom is -0.383 e. The van der Waals surface area contributed by atoms with Crippen LogP contribution in [0.3, 0.4) is 0 Å². The second-order valence-corrected chi connectivity index (χ2v) is 5.31. The smallest absolute Gasteiger partial charge is 0.251 e. The standard InChI is InChI=1S/C13H19IN2O2/c1-16(8-9-18-2)7-6-15-13(17)11-4-3-5-12(14)10-11/h3-5,10H,6-9H2,1-2H3,(H,15,17). The summed E-state index contributed by atoms with van der Waals surface area (Å²) in [5.74, 6) is -0.0198. The van der Waals surface area contributed by atoms with Crippen molar-refractivity contribution in [1.29, 1.82) is 0 Å². The third kappa shape index (κ3) is 5.79. The molecule has 1 aromatic carbocycles. The van der Waals surface area contributed by atoms with Gasteiger partial charge in [0.05, 0.1) is 6.61 Å². The predicted octanol–water partition coefficient (Wildman–Crippen LogP) is 1.60. The molecule has 18 heavy (non-hydrogen) atoms. The zero-order chi connectivity index (χ0) is 13.4. The summed E-state index contributed by atoms with van der Waals surface area (Å²) in [6.07, 6.45) is 0. The molecule has 0 bridgehead atoms. The van der Waals surface area contributed by atoms with Crippen molar-refractivity contribution in [2.75, 3.05) is 40.4 Å². The summed E-state index contributed by atoms with van der Waals surface area (Å²) in [5.41, 5.74) is 0.710. The van der Waals surface area contributed by atoms with Crippen LogP contribution in [0.5, 0.6) is 0 Å². The Morgan fingerprint density at radius 2 is 2.22 bits per heavy atom. The van der Waals surface area contributed by atoms with Gasteiger partial charge >= 0.3 is 0 Å². The number of ether oxygens (including phenoxy) is 1. The predicted molar refractivity (Wildman–Crippen MR) is 80.9 cm³/mol. The molecule has 5 heteroatoms. The molecule has 0 fully saturated rings. The normalized spacial score (nSPS) is 10.7. The lowest BCUT2D eigenvalue weighted by atomic mass is 10.2. The highest BCUT2D eigenvalue weighted by atomic mass is 127. The lowest BCUT2D eigenvalue weighted by Gasteiger charge is -2.16. The number of nitrogens with one attached hydrogen (secondary N) is 1. The topological polar surface area (TPSA) is 41.6 Å². The SMILES string of the molecule is COCCN(C)CCNC(=O)c1cccc(I)c1. The summed E-state index contributed by atoms with van der Waals surface area (Å²) in [4.78, 5) is 14.0. The van der Waals surface area contributed by atoms with E-state index in [0.29, 0.717) is 18.7 Å². The number of methoxy groups -OCH3 is 1. The van der Waals surface area contributed by atoms with Crippen LogP contribution < -0.4 is 5.32 Å². The first-order chi connectivity index (χ1) is 8.63. The van der Waals surface area contributed by atoms with E-state index in [4.69, 9.17) is 4.74 Å². The molecule has 0 aliphatic heterocycles. The second-order valence-electron chi connectivity index (χ2n) is 4.06. The van der Waals surface area contributed by atoms with Crippen LogP contribution in [0.25, 0.3) is 0 Å². The van der Waals surface area contributed by atoms with E-state index < -0.39 is 0 Å². The maximum Gasteiger partial charge on any atom is 0.251 e. The number of rotatable bonds is 7. The lowest BCUT2D eigenvalue weighted by Crippen LogP contribution is -2.34. The van der Waals surface area contributed by atoms with Crippen molar-refractivity contribution >= 4 is 28.5 Å². The molecule has 0 saturated carbocycles. The molecule has 0 unspecified atom stereocenters. The Hall–Kier alpha value is -0.660. The van der Waals surface area contributed by atoms with E-state index in [9.17, 15) is 4.79 Å². The Balaban J connectivity index is 2.29. The van der Waals surface area contributed by atoms with Gasteiger partial charge in [0.2, 0.25) is 0 Å². The van der Waals surface area contributed by atoms with Gasteiger partial charge in [-0.05, 0) is 47.8 Å². The Bertz CT molecular complexity index is 385. The van der Waals surface area contributed by atoms with Crippen LogP contribution >= 0.6 is 22.6 Å². The van der Waals surface area contributed by atoms with Gasteiger partial charge < -0.3 is 15.0 Å². The van der Waals surface area contributed by atoms with Gasteiger partial charge in [-0.2, -0.15) is 0 Å². The van der Waals surface area contributed by atoms with E-state index in [1.807, 2.05) is 31.3 Å². The molecule has 1 rings (SSSR count). The van der Waals surface area contributed by atoms with E-state index in [1.165, 1.54) is 0 Å². The average molecular weight is 362 g/mol. The summed E-state index contributed by atoms with van der Waals surface area (Å²) < 4.78 is 6.06. The van der Waals surface area contributed by atoms with Crippen LogP contribution in [0.15, 0.2) is 24.3 Å². The molecule has 100 valence electrons. The van der Waals surface area contributed by atoms with Crippen LogP contribution in [0.1, 0.15) is 10.4 Å². The molecule has 0 aliphatic carbocycles. The molecular weight excluding hydrogens is 343 g/mol. The van der Waals surface area contributed by atoms with Crippen LogP contribution in [-0.4, -0.2) is 51.2 Å². The molecule has 1 amide bonds. The quantitative estimate of drug-likeness (QED) is 0.750. The Morgan fingerprint density at radius 3 is 2.89 bits per heavy atom. The van der Waals surface area contributed by atoms with Gasteiger partial charge in [0.1, 0.15) is 0 Å². The highest BCUT2D eigenvalue weighted by Crippen LogP contribution is 2.07. The summed E-state index contributed by atoms with van der Waals surface area (Å²) in [7, 11) is 3.70. The zero-order valence-corrected chi connectivity index (χ0v) is 12.9. The van der Waals surface area contributed by atoms with Crippen molar-refractivity contribution in [3.63, 3.8) is 0 Å². The number of nitrogens with zero attached hydrogens (tertiary/aromatic N) is 1. The van der Waals surface area contributed by atoms with Crippen molar-refractivity contribution in [2.24, 2.45) is 0 Å². The van der Waals surface area contributed by atoms with E-state index in [1.54, 1.807) is 7.11 Å². The molecule has 0 aliphatic rings. The first-order valence-electron chi connectivity index (χ1n) is 5.84. The minimum atomic E-state index is -0.0198. The summed E-state index contributed by atoms with van der Waals surface area (Å²) in [6, 6.07) is 7.56. The minimum absolute atomic E-state index is 0.0198. The van der Waals surface area contributed by atoms with E-state index in [0.717, 1.165) is 16.7 Å². The van der Waals surface area contributed by atoms with Crippen LogP contribution in [-0.2, 0) is 4.74 Å². The van der Waals surface area contributed by atoms with Crippen LogP contribution in [0, 0.1) is 3.57 Å². The fraction of sp³-hybridized carbons (Fsp3) is 0.462. The average Bonchev–Trinajstić information content (AvgIpc) is 2.36. The number of benzene rings is 1. The highest BCUT2D eigenvalue weighted by Gasteiger charge is 2.05. The van der Waals surface area contributed by atoms with Gasteiger partial charge in [-0.1, -0.05) is 6.07 Å². The molecule has 1 aromatic rings. The molecule has 0 aromatic heterocycles. The van der Waals surface area contributed by atoms with Crippen molar-refractivity contribution in [3.05, 3.63) is 33.4 Å². The van der Waals surface area contributed by atoms with Crippen molar-refractivity contribution in [2.45, 2.75) is 0 Å². The van der Waals surface area contributed by atoms with Gasteiger partial charge in [-0.3, -0.25) is 4.79 Å². The molecule has 4 nitrogen and oxygen atoms in total. The number of amides is 1. The van der Waals surface area contributed by atoms with Gasteiger partial charge in [0, 0.05) is 35.9 Å². The van der Waals surface area contributed by atoms with Crippen molar-refractivity contribution in [1.82, 2.24) is 10.2 Å². The van der Waals surface area contributed by atoms with E-state index in [2.05, 4.69) is 32.8 Å². The van der Waals surface area contributed by atoms with Crippen LogP contribution in [0.4, 0.5) is 0 Å². The number of hydrogen-bond donors (Lipinski definition) is 1. The maximum absolute atomic E-state index is 11.8. The Morgan fingerprint density at radius 1 is 1.44 bits per heavy atom. The summed E-state index contributed by atoms with van der Waals surface area (Å²) in [5, 5.41) is 2.91. The molecule has 0 saturated heterocycles. The molecular formula is C13H19IN2O2. The third-order valence-corrected chi connectivity index (χ3v) is 3.21. The summed E-state index contributed by atoms with van der Waals surface area (Å²) in [6.45, 7) is 3.04. The number of carbonyl (C=O) groups excluding carboxylic acids is 1. The third-order valence-electron chi connectivity index (χ3n) is 2.54. The number of carbonyl (C=O) groups is 1. The zero-order valence-electron chi connectivity index (χ0n) is 10.8. The second kappa shape index (κ2) is 8.44. The number of hydrogen-bond acceptors (Lipinski definition) is 3. The fourth-order valence-corrected chi connectivity index (χ4v) is 1.99. The molecule has 0 atom stereocenters. The van der Waals surface area contributed by atoms with E-state index >= 15 is 0 Å². The first-order valence-corrected chi connectivity index (χ1v) is 6.92. The number of halogens is 1. The number of likely N-dealkylation sites (N-methyl/N-ethyl adjacent to an activating group) is 1. The fourth-order valence-electron chi connectivity index (χ4n) is 1.45. The maximum atomic E-state index is 11.8. The molecule has 0 spiro atoms. The molecule has 0 radical (unpaired) electrons. The molecule has 1 N–H and O–H groups in total. The van der Waals surface area contributed by atoms with Gasteiger partial charge in [-0.15, -0.1) is 0 Å². The van der Waals surface area contributed by atoms with Crippen LogP contribution in [0.2, 0.25) is 0 Å². The van der Waals surface area contributed by atoms with Gasteiger partial charge in [0.15, 0.2) is 0 Å². The lowest BCUT2D eigenvalue weighted by molar-refractivity contribution is 0.0947. The highest BCUT2D eigenvalue weighted by molar-refractivity contribution is 14.1.